The largest absolute Gasteiger partial charge is 0.472 e. The standard InChI is InChI=1S/C29H35N3O6/c1-18-14-32(19(2)16-33)29(35)23-11-22(20-7-5-4-6-8-20)13-30-27(23)38-26(18)15-31(3)28(34)21-9-10-24-25(12-21)37-17-36-24/h7,9-13,18-19,26,33H,4-6,8,14-17H2,1-3H3/t18-,19-,26-/m0/s1. The van der Waals surface area contributed by atoms with Crippen molar-refractivity contribution in [2.45, 2.75) is 51.7 Å². The van der Waals surface area contributed by atoms with Crippen LogP contribution in [0.3, 0.4) is 0 Å². The predicted molar refractivity (Wildman–Crippen MR) is 141 cm³/mol. The molecule has 0 spiro atoms. The number of carbonyl (C=O) groups excluding carboxylic acids is 2. The smallest absolute Gasteiger partial charge is 0.259 e. The van der Waals surface area contributed by atoms with Crippen molar-refractivity contribution in [3.8, 4) is 17.4 Å². The Morgan fingerprint density at radius 1 is 1.24 bits per heavy atom. The molecule has 38 heavy (non-hydrogen) atoms. The molecule has 3 aliphatic rings. The van der Waals surface area contributed by atoms with Crippen LogP contribution in [-0.4, -0.2) is 77.4 Å². The van der Waals surface area contributed by atoms with Gasteiger partial charge < -0.3 is 29.1 Å². The molecule has 2 amide bonds. The van der Waals surface area contributed by atoms with Gasteiger partial charge in [-0.05, 0) is 68.0 Å². The number of hydrogen-bond donors (Lipinski definition) is 1. The molecule has 1 aliphatic carbocycles. The van der Waals surface area contributed by atoms with Gasteiger partial charge in [0.1, 0.15) is 11.7 Å². The second kappa shape index (κ2) is 11.0. The average Bonchev–Trinajstić information content (AvgIpc) is 3.42. The molecule has 0 bridgehead atoms. The van der Waals surface area contributed by atoms with Crippen molar-refractivity contribution in [1.82, 2.24) is 14.8 Å². The average molecular weight is 522 g/mol. The van der Waals surface area contributed by atoms with Crippen LogP contribution in [0.25, 0.3) is 5.57 Å². The summed E-state index contributed by atoms with van der Waals surface area (Å²) in [6.07, 6.45) is 7.83. The summed E-state index contributed by atoms with van der Waals surface area (Å²) in [4.78, 5) is 34.8. The highest BCUT2D eigenvalue weighted by molar-refractivity contribution is 5.97. The first-order valence-electron chi connectivity index (χ1n) is 13.3. The Bertz CT molecular complexity index is 1240. The number of allylic oxidation sites excluding steroid dienone is 2. The molecule has 0 unspecified atom stereocenters. The molecule has 1 aromatic heterocycles. The number of aliphatic hydroxyl groups excluding tert-OH is 1. The van der Waals surface area contributed by atoms with Crippen molar-refractivity contribution in [3.63, 3.8) is 0 Å². The molecule has 9 heteroatoms. The summed E-state index contributed by atoms with van der Waals surface area (Å²) in [5, 5.41) is 9.91. The maximum absolute atomic E-state index is 13.7. The van der Waals surface area contributed by atoms with Crippen LogP contribution < -0.4 is 14.2 Å². The lowest BCUT2D eigenvalue weighted by Crippen LogP contribution is -2.50. The number of likely N-dealkylation sites (N-methyl/N-ethyl adjacent to an activating group) is 1. The van der Waals surface area contributed by atoms with E-state index in [0.717, 1.165) is 24.8 Å². The lowest BCUT2D eigenvalue weighted by molar-refractivity contribution is 0.0313. The van der Waals surface area contributed by atoms with Gasteiger partial charge in [-0.3, -0.25) is 9.59 Å². The highest BCUT2D eigenvalue weighted by Crippen LogP contribution is 2.34. The Morgan fingerprint density at radius 2 is 2.05 bits per heavy atom. The fourth-order valence-electron chi connectivity index (χ4n) is 5.20. The SMILES string of the molecule is C[C@H]1CN([C@@H](C)CO)C(=O)c2cc(C3=CCCCC3)cnc2O[C@H]1CN(C)C(=O)c1ccc2c(c1)OCO2. The second-order valence-electron chi connectivity index (χ2n) is 10.4. The number of amides is 2. The first-order chi connectivity index (χ1) is 18.4. The Labute approximate surface area is 223 Å². The van der Waals surface area contributed by atoms with E-state index in [2.05, 4.69) is 11.1 Å². The lowest BCUT2D eigenvalue weighted by Gasteiger charge is -2.37. The molecule has 0 radical (unpaired) electrons. The molecule has 2 aliphatic heterocycles. The highest BCUT2D eigenvalue weighted by atomic mass is 16.7. The van der Waals surface area contributed by atoms with E-state index in [-0.39, 0.29) is 49.6 Å². The number of carbonyl (C=O) groups is 2. The number of benzene rings is 1. The van der Waals surface area contributed by atoms with E-state index in [1.807, 2.05) is 19.9 Å². The summed E-state index contributed by atoms with van der Waals surface area (Å²) in [6.45, 7) is 4.48. The van der Waals surface area contributed by atoms with Crippen LogP contribution >= 0.6 is 0 Å². The summed E-state index contributed by atoms with van der Waals surface area (Å²) in [5.74, 6) is 0.915. The van der Waals surface area contributed by atoms with Crippen LogP contribution in [0.4, 0.5) is 0 Å². The second-order valence-corrected chi connectivity index (χ2v) is 10.4. The number of rotatable bonds is 6. The Morgan fingerprint density at radius 3 is 2.82 bits per heavy atom. The molecule has 3 heterocycles. The normalized spacial score (nSPS) is 21.5. The molecular weight excluding hydrogens is 486 g/mol. The Hall–Kier alpha value is -3.59. The topological polar surface area (TPSA) is 101 Å². The van der Waals surface area contributed by atoms with Gasteiger partial charge in [-0.15, -0.1) is 0 Å². The molecule has 2 aromatic rings. The highest BCUT2D eigenvalue weighted by Gasteiger charge is 2.35. The van der Waals surface area contributed by atoms with E-state index >= 15 is 0 Å². The van der Waals surface area contributed by atoms with Crippen LogP contribution in [-0.2, 0) is 0 Å². The minimum atomic E-state index is -0.426. The first-order valence-corrected chi connectivity index (χ1v) is 13.3. The molecule has 1 aromatic carbocycles. The maximum atomic E-state index is 13.7. The molecule has 3 atom stereocenters. The van der Waals surface area contributed by atoms with Gasteiger partial charge in [0, 0.05) is 31.3 Å². The molecule has 0 fully saturated rings. The van der Waals surface area contributed by atoms with Crippen LogP contribution in [0.1, 0.15) is 65.8 Å². The fraction of sp³-hybridized carbons (Fsp3) is 0.483. The van der Waals surface area contributed by atoms with Crippen LogP contribution in [0.2, 0.25) is 0 Å². The van der Waals surface area contributed by atoms with Gasteiger partial charge in [-0.1, -0.05) is 13.0 Å². The number of pyridine rings is 1. The van der Waals surface area contributed by atoms with Crippen molar-refractivity contribution >= 4 is 17.4 Å². The fourth-order valence-corrected chi connectivity index (χ4v) is 5.20. The van der Waals surface area contributed by atoms with Crippen LogP contribution in [0, 0.1) is 5.92 Å². The third kappa shape index (κ3) is 5.20. The van der Waals surface area contributed by atoms with Crippen LogP contribution in [0.15, 0.2) is 36.5 Å². The quantitative estimate of drug-likeness (QED) is 0.618. The van der Waals surface area contributed by atoms with E-state index in [1.165, 1.54) is 12.0 Å². The van der Waals surface area contributed by atoms with Gasteiger partial charge in [0.15, 0.2) is 11.5 Å². The van der Waals surface area contributed by atoms with Crippen molar-refractivity contribution in [1.29, 1.82) is 0 Å². The summed E-state index contributed by atoms with van der Waals surface area (Å²) < 4.78 is 17.2. The zero-order valence-corrected chi connectivity index (χ0v) is 22.2. The molecule has 202 valence electrons. The number of nitrogens with zero attached hydrogens (tertiary/aromatic N) is 3. The van der Waals surface area contributed by atoms with Crippen molar-refractivity contribution in [2.24, 2.45) is 5.92 Å². The Kier molecular flexibility index (Phi) is 7.56. The van der Waals surface area contributed by atoms with Gasteiger partial charge in [0.25, 0.3) is 11.8 Å². The summed E-state index contributed by atoms with van der Waals surface area (Å²) >= 11 is 0. The van der Waals surface area contributed by atoms with Gasteiger partial charge in [0.2, 0.25) is 12.7 Å². The minimum Gasteiger partial charge on any atom is -0.472 e. The maximum Gasteiger partial charge on any atom is 0.259 e. The van der Waals surface area contributed by atoms with Crippen molar-refractivity contribution < 1.29 is 28.9 Å². The van der Waals surface area contributed by atoms with Gasteiger partial charge >= 0.3 is 0 Å². The zero-order valence-electron chi connectivity index (χ0n) is 22.2. The first kappa shape index (κ1) is 26.0. The monoisotopic (exact) mass is 521 g/mol. The van der Waals surface area contributed by atoms with E-state index in [0.29, 0.717) is 29.2 Å². The number of fused-ring (bicyclic) bond motifs is 2. The third-order valence-corrected chi connectivity index (χ3v) is 7.60. The molecule has 0 saturated heterocycles. The predicted octanol–water partition coefficient (Wildman–Crippen LogP) is 3.76. The number of aromatic nitrogens is 1. The number of hydrogen-bond acceptors (Lipinski definition) is 7. The molecule has 1 N–H and O–H groups in total. The summed E-state index contributed by atoms with van der Waals surface area (Å²) in [7, 11) is 1.73. The zero-order chi connectivity index (χ0) is 26.8. The minimum absolute atomic E-state index is 0.129. The van der Waals surface area contributed by atoms with Crippen molar-refractivity contribution in [3.05, 3.63) is 53.2 Å². The summed E-state index contributed by atoms with van der Waals surface area (Å²) in [5.41, 5.74) is 3.00. The summed E-state index contributed by atoms with van der Waals surface area (Å²) in [6, 6.07) is 6.63. The van der Waals surface area contributed by atoms with E-state index in [1.54, 1.807) is 41.2 Å². The number of ether oxygens (including phenoxy) is 3. The molecule has 0 saturated carbocycles. The van der Waals surface area contributed by atoms with Crippen LogP contribution in [0.5, 0.6) is 17.4 Å². The molecular formula is C29H35N3O6. The van der Waals surface area contributed by atoms with E-state index in [9.17, 15) is 14.7 Å². The van der Waals surface area contributed by atoms with Crippen molar-refractivity contribution in [2.75, 3.05) is 33.5 Å². The van der Waals surface area contributed by atoms with Gasteiger partial charge in [-0.2, -0.15) is 0 Å². The molecule has 5 rings (SSSR count). The third-order valence-electron chi connectivity index (χ3n) is 7.60. The van der Waals surface area contributed by atoms with E-state index < -0.39 is 6.10 Å². The van der Waals surface area contributed by atoms with Gasteiger partial charge in [-0.25, -0.2) is 4.98 Å². The lowest BCUT2D eigenvalue weighted by atomic mass is 9.93. The number of aliphatic hydroxyl groups is 1. The Balaban J connectivity index is 1.42. The molecule has 9 nitrogen and oxygen atoms in total. The van der Waals surface area contributed by atoms with Gasteiger partial charge in [0.05, 0.1) is 19.2 Å². The van der Waals surface area contributed by atoms with E-state index in [4.69, 9.17) is 14.2 Å².